The highest BCUT2D eigenvalue weighted by Gasteiger charge is 2.21. The van der Waals surface area contributed by atoms with Gasteiger partial charge in [-0.05, 0) is 37.8 Å². The molecule has 1 aromatic rings. The molecule has 0 saturated heterocycles. The summed E-state index contributed by atoms with van der Waals surface area (Å²) in [5.74, 6) is 0.543. The lowest BCUT2D eigenvalue weighted by Gasteiger charge is -2.29. The highest BCUT2D eigenvalue weighted by Crippen LogP contribution is 2.28. The number of rotatable bonds is 5. The molecule has 0 fully saturated rings. The molecular weight excluding hydrogens is 242 g/mol. The molecular formula is C19H29N. The molecule has 1 aromatic carbocycles. The molecule has 20 heavy (non-hydrogen) atoms. The van der Waals surface area contributed by atoms with Gasteiger partial charge in [0.25, 0.3) is 0 Å². The molecule has 1 N–H and O–H groups in total. The molecule has 2 unspecified atom stereocenters. The van der Waals surface area contributed by atoms with Crippen molar-refractivity contribution in [1.82, 2.24) is 5.32 Å². The first kappa shape index (κ1) is 15.3. The molecule has 0 amide bonds. The first-order valence-corrected chi connectivity index (χ1v) is 8.30. The Kier molecular flexibility index (Phi) is 6.32. The molecule has 1 aliphatic rings. The summed E-state index contributed by atoms with van der Waals surface area (Å²) in [5.41, 5.74) is 3.09. The van der Waals surface area contributed by atoms with Gasteiger partial charge >= 0.3 is 0 Å². The zero-order chi connectivity index (χ0) is 14.2. The minimum atomic E-state index is 0.500. The van der Waals surface area contributed by atoms with Crippen LogP contribution in [-0.2, 0) is 0 Å². The lowest BCUT2D eigenvalue weighted by atomic mass is 9.84. The first-order valence-electron chi connectivity index (χ1n) is 8.30. The van der Waals surface area contributed by atoms with E-state index in [2.05, 4.69) is 55.6 Å². The van der Waals surface area contributed by atoms with Crippen LogP contribution in [0.15, 0.2) is 42.0 Å². The average molecular weight is 271 g/mol. The third-order valence-corrected chi connectivity index (χ3v) is 4.47. The van der Waals surface area contributed by atoms with Crippen LogP contribution in [-0.4, -0.2) is 12.6 Å². The Morgan fingerprint density at radius 2 is 1.80 bits per heavy atom. The normalized spacial score (nSPS) is 22.2. The third-order valence-electron chi connectivity index (χ3n) is 4.47. The fourth-order valence-corrected chi connectivity index (χ4v) is 3.30. The second kappa shape index (κ2) is 8.26. The van der Waals surface area contributed by atoms with Gasteiger partial charge in [0.1, 0.15) is 0 Å². The maximum Gasteiger partial charge on any atom is 0.0345 e. The fourth-order valence-electron chi connectivity index (χ4n) is 3.30. The molecule has 0 spiro atoms. The van der Waals surface area contributed by atoms with Crippen molar-refractivity contribution in [3.05, 3.63) is 47.5 Å². The monoisotopic (exact) mass is 271 g/mol. The Bertz CT molecular complexity index is 407. The van der Waals surface area contributed by atoms with Gasteiger partial charge in [0.2, 0.25) is 0 Å². The maximum atomic E-state index is 3.73. The Balaban J connectivity index is 2.16. The summed E-state index contributed by atoms with van der Waals surface area (Å²) in [6, 6.07) is 11.4. The lowest BCUT2D eigenvalue weighted by molar-refractivity contribution is 0.485. The van der Waals surface area contributed by atoms with Crippen molar-refractivity contribution in [3.8, 4) is 0 Å². The number of benzene rings is 1. The van der Waals surface area contributed by atoms with Crippen LogP contribution in [0.5, 0.6) is 0 Å². The van der Waals surface area contributed by atoms with Crippen LogP contribution in [0.4, 0.5) is 0 Å². The van der Waals surface area contributed by atoms with Crippen molar-refractivity contribution >= 4 is 0 Å². The quantitative estimate of drug-likeness (QED) is 0.739. The second-order valence-electron chi connectivity index (χ2n) is 5.97. The van der Waals surface area contributed by atoms with E-state index in [4.69, 9.17) is 0 Å². The van der Waals surface area contributed by atoms with Gasteiger partial charge in [0.15, 0.2) is 0 Å². The fraction of sp³-hybridized carbons (Fsp3) is 0.579. The number of allylic oxidation sites excluding steroid dienone is 1. The van der Waals surface area contributed by atoms with E-state index in [-0.39, 0.29) is 0 Å². The summed E-state index contributed by atoms with van der Waals surface area (Å²) < 4.78 is 0. The van der Waals surface area contributed by atoms with Crippen molar-refractivity contribution in [1.29, 1.82) is 0 Å². The van der Waals surface area contributed by atoms with Crippen molar-refractivity contribution in [2.45, 2.75) is 64.3 Å². The maximum absolute atomic E-state index is 3.73. The van der Waals surface area contributed by atoms with Crippen LogP contribution in [0, 0.1) is 0 Å². The van der Waals surface area contributed by atoms with Crippen molar-refractivity contribution in [2.75, 3.05) is 6.54 Å². The molecule has 2 atom stereocenters. The number of nitrogens with one attached hydrogen (secondary N) is 1. The van der Waals surface area contributed by atoms with Crippen LogP contribution in [0.25, 0.3) is 0 Å². The van der Waals surface area contributed by atoms with E-state index in [1.165, 1.54) is 44.1 Å². The molecule has 0 aromatic heterocycles. The number of hydrogen-bond acceptors (Lipinski definition) is 1. The van der Waals surface area contributed by atoms with E-state index in [0.29, 0.717) is 12.0 Å². The van der Waals surface area contributed by atoms with Crippen molar-refractivity contribution in [3.63, 3.8) is 0 Å². The van der Waals surface area contributed by atoms with Crippen LogP contribution in [0.2, 0.25) is 0 Å². The predicted octanol–water partition coefficient (Wildman–Crippen LogP) is 5.05. The van der Waals surface area contributed by atoms with E-state index in [0.717, 1.165) is 6.54 Å². The molecule has 2 rings (SSSR count). The molecule has 0 bridgehead atoms. The van der Waals surface area contributed by atoms with Gasteiger partial charge < -0.3 is 5.32 Å². The van der Waals surface area contributed by atoms with Gasteiger partial charge in [-0.25, -0.2) is 0 Å². The second-order valence-corrected chi connectivity index (χ2v) is 5.97. The molecule has 110 valence electrons. The smallest absolute Gasteiger partial charge is 0.0345 e. The Morgan fingerprint density at radius 3 is 2.55 bits per heavy atom. The van der Waals surface area contributed by atoms with Gasteiger partial charge in [-0.15, -0.1) is 0 Å². The Labute approximate surface area is 124 Å². The van der Waals surface area contributed by atoms with Gasteiger partial charge in [-0.3, -0.25) is 0 Å². The summed E-state index contributed by atoms with van der Waals surface area (Å²) in [6.07, 6.45) is 10.6. The predicted molar refractivity (Wildman–Crippen MR) is 88.1 cm³/mol. The van der Waals surface area contributed by atoms with Gasteiger partial charge in [-0.2, -0.15) is 0 Å². The zero-order valence-corrected chi connectivity index (χ0v) is 13.1. The molecule has 1 aliphatic carbocycles. The van der Waals surface area contributed by atoms with E-state index < -0.39 is 0 Å². The molecule has 0 saturated carbocycles. The number of likely N-dealkylation sites (N-methyl/N-ethyl adjacent to an activating group) is 1. The van der Waals surface area contributed by atoms with E-state index in [9.17, 15) is 0 Å². The molecule has 0 aliphatic heterocycles. The van der Waals surface area contributed by atoms with Crippen molar-refractivity contribution < 1.29 is 0 Å². The summed E-state index contributed by atoms with van der Waals surface area (Å²) >= 11 is 0. The Hall–Kier alpha value is -1.08. The van der Waals surface area contributed by atoms with Gasteiger partial charge in [0.05, 0.1) is 0 Å². The van der Waals surface area contributed by atoms with Gasteiger partial charge in [0, 0.05) is 12.0 Å². The van der Waals surface area contributed by atoms with E-state index in [1.54, 1.807) is 5.57 Å². The van der Waals surface area contributed by atoms with E-state index in [1.807, 2.05) is 0 Å². The molecule has 1 heteroatoms. The highest BCUT2D eigenvalue weighted by atomic mass is 14.9. The van der Waals surface area contributed by atoms with Crippen LogP contribution in [0.3, 0.4) is 0 Å². The van der Waals surface area contributed by atoms with Crippen LogP contribution >= 0.6 is 0 Å². The summed E-state index contributed by atoms with van der Waals surface area (Å²) in [5, 5.41) is 3.73. The third kappa shape index (κ3) is 4.21. The summed E-state index contributed by atoms with van der Waals surface area (Å²) in [7, 11) is 0. The zero-order valence-electron chi connectivity index (χ0n) is 13.1. The molecule has 1 nitrogen and oxygen atoms in total. The highest BCUT2D eigenvalue weighted by molar-refractivity contribution is 5.26. The van der Waals surface area contributed by atoms with Gasteiger partial charge in [-0.1, -0.05) is 68.7 Å². The SMILES string of the molecule is CCNC(/C1=C/CCCCCC1)C(C)c1ccccc1. The molecule has 0 radical (unpaired) electrons. The minimum Gasteiger partial charge on any atom is -0.310 e. The minimum absolute atomic E-state index is 0.500. The summed E-state index contributed by atoms with van der Waals surface area (Å²) in [6.45, 7) is 5.62. The summed E-state index contributed by atoms with van der Waals surface area (Å²) in [4.78, 5) is 0. The topological polar surface area (TPSA) is 12.0 Å². The lowest BCUT2D eigenvalue weighted by Crippen LogP contribution is -2.35. The Morgan fingerprint density at radius 1 is 1.05 bits per heavy atom. The average Bonchev–Trinajstić information content (AvgIpc) is 2.45. The van der Waals surface area contributed by atoms with E-state index >= 15 is 0 Å². The van der Waals surface area contributed by atoms with Crippen molar-refractivity contribution in [2.24, 2.45) is 0 Å². The largest absolute Gasteiger partial charge is 0.310 e. The standard InChI is InChI=1S/C19H29N/c1-3-20-19(16(2)17-12-10-7-11-13-17)18-14-8-5-4-6-9-15-18/h7,10-14,16,19-20H,3-6,8-9,15H2,1-2H3/b18-14+. The van der Waals surface area contributed by atoms with Crippen LogP contribution < -0.4 is 5.32 Å². The molecule has 0 heterocycles. The van der Waals surface area contributed by atoms with Crippen LogP contribution in [0.1, 0.15) is 63.9 Å². The number of hydrogen-bond donors (Lipinski definition) is 1. The first-order chi connectivity index (χ1) is 9.83.